The van der Waals surface area contributed by atoms with Gasteiger partial charge in [-0.05, 0) is 46.6 Å². The van der Waals surface area contributed by atoms with Crippen LogP contribution in [0.25, 0.3) is 0 Å². The highest BCUT2D eigenvalue weighted by Gasteiger charge is 2.27. The zero-order valence-corrected chi connectivity index (χ0v) is 14.6. The van der Waals surface area contributed by atoms with E-state index in [0.717, 1.165) is 25.1 Å². The number of nitrogens with zero attached hydrogens (tertiary/aromatic N) is 2. The second-order valence-corrected chi connectivity index (χ2v) is 7.87. The lowest BCUT2D eigenvalue weighted by Gasteiger charge is -2.30. The molecule has 2 heterocycles. The number of hydrogen-bond acceptors (Lipinski definition) is 5. The predicted octanol–water partition coefficient (Wildman–Crippen LogP) is 3.73. The van der Waals surface area contributed by atoms with Crippen molar-refractivity contribution in [3.63, 3.8) is 0 Å². The van der Waals surface area contributed by atoms with Gasteiger partial charge < -0.3 is 4.74 Å². The van der Waals surface area contributed by atoms with Crippen molar-refractivity contribution in [1.29, 1.82) is 5.26 Å². The Morgan fingerprint density at radius 1 is 1.45 bits per heavy atom. The van der Waals surface area contributed by atoms with Crippen LogP contribution in [-0.2, 0) is 17.7 Å². The van der Waals surface area contributed by atoms with Crippen LogP contribution in [0, 0.1) is 11.3 Å². The molecule has 1 amide bonds. The van der Waals surface area contributed by atoms with E-state index in [1.807, 2.05) is 20.8 Å². The van der Waals surface area contributed by atoms with Crippen LogP contribution in [0.3, 0.4) is 0 Å². The Morgan fingerprint density at radius 3 is 2.68 bits per heavy atom. The SMILES string of the molecule is CC(C)N1CCc2c(sc(NC(=O)OC(C)(C)C)c2C#N)C1. The first kappa shape index (κ1) is 16.8. The van der Waals surface area contributed by atoms with E-state index in [4.69, 9.17) is 4.74 Å². The molecule has 0 spiro atoms. The fourth-order valence-electron chi connectivity index (χ4n) is 2.47. The van der Waals surface area contributed by atoms with Crippen LogP contribution in [0.5, 0.6) is 0 Å². The summed E-state index contributed by atoms with van der Waals surface area (Å²) in [5.74, 6) is 0. The number of nitriles is 1. The third-order valence-electron chi connectivity index (χ3n) is 3.54. The van der Waals surface area contributed by atoms with E-state index >= 15 is 0 Å². The van der Waals surface area contributed by atoms with Crippen LogP contribution in [0.15, 0.2) is 0 Å². The first-order chi connectivity index (χ1) is 10.2. The van der Waals surface area contributed by atoms with Gasteiger partial charge in [-0.25, -0.2) is 4.79 Å². The number of hydrogen-bond donors (Lipinski definition) is 1. The van der Waals surface area contributed by atoms with Crippen LogP contribution >= 0.6 is 11.3 Å². The summed E-state index contributed by atoms with van der Waals surface area (Å²) in [6.45, 7) is 11.6. The Labute approximate surface area is 135 Å². The minimum atomic E-state index is -0.553. The van der Waals surface area contributed by atoms with Gasteiger partial charge in [-0.3, -0.25) is 10.2 Å². The number of amides is 1. The number of nitrogens with one attached hydrogen (secondary N) is 1. The van der Waals surface area contributed by atoms with Crippen molar-refractivity contribution in [1.82, 2.24) is 4.90 Å². The third kappa shape index (κ3) is 3.79. The molecule has 0 saturated heterocycles. The average Bonchev–Trinajstić information content (AvgIpc) is 2.71. The standard InChI is InChI=1S/C16H23N3O2S/c1-10(2)19-7-6-11-12(8-17)14(22-13(11)9-19)18-15(20)21-16(3,4)5/h10H,6-7,9H2,1-5H3,(H,18,20). The Balaban J connectivity index is 2.21. The summed E-state index contributed by atoms with van der Waals surface area (Å²) in [6, 6.07) is 2.71. The number of ether oxygens (including phenoxy) is 1. The van der Waals surface area contributed by atoms with Crippen LogP contribution in [-0.4, -0.2) is 29.2 Å². The molecule has 0 aliphatic carbocycles. The smallest absolute Gasteiger partial charge is 0.412 e. The highest BCUT2D eigenvalue weighted by molar-refractivity contribution is 7.16. The minimum Gasteiger partial charge on any atom is -0.444 e. The van der Waals surface area contributed by atoms with Gasteiger partial charge in [-0.15, -0.1) is 11.3 Å². The van der Waals surface area contributed by atoms with Crippen LogP contribution in [0.2, 0.25) is 0 Å². The maximum atomic E-state index is 11.9. The highest BCUT2D eigenvalue weighted by Crippen LogP contribution is 2.37. The molecule has 0 fully saturated rings. The third-order valence-corrected chi connectivity index (χ3v) is 4.68. The lowest BCUT2D eigenvalue weighted by molar-refractivity contribution is 0.0636. The quantitative estimate of drug-likeness (QED) is 0.901. The van der Waals surface area contributed by atoms with E-state index in [0.29, 0.717) is 16.6 Å². The molecule has 5 nitrogen and oxygen atoms in total. The number of carbonyl (C=O) groups excluding carboxylic acids is 1. The van der Waals surface area contributed by atoms with Crippen molar-refractivity contribution in [2.24, 2.45) is 0 Å². The fourth-order valence-corrected chi connectivity index (χ4v) is 3.68. The molecule has 0 atom stereocenters. The molecule has 2 rings (SSSR count). The van der Waals surface area contributed by atoms with Gasteiger partial charge >= 0.3 is 6.09 Å². The zero-order chi connectivity index (χ0) is 16.5. The minimum absolute atomic E-state index is 0.475. The molecule has 6 heteroatoms. The van der Waals surface area contributed by atoms with Gasteiger partial charge in [0.2, 0.25) is 0 Å². The summed E-state index contributed by atoms with van der Waals surface area (Å²) in [4.78, 5) is 15.5. The van der Waals surface area contributed by atoms with Crippen molar-refractivity contribution in [2.75, 3.05) is 11.9 Å². The van der Waals surface area contributed by atoms with Crippen molar-refractivity contribution < 1.29 is 9.53 Å². The van der Waals surface area contributed by atoms with Crippen molar-refractivity contribution in [3.05, 3.63) is 16.0 Å². The number of carbonyl (C=O) groups is 1. The van der Waals surface area contributed by atoms with Gasteiger partial charge in [-0.1, -0.05) is 0 Å². The predicted molar refractivity (Wildman–Crippen MR) is 88.1 cm³/mol. The number of rotatable bonds is 2. The summed E-state index contributed by atoms with van der Waals surface area (Å²) in [7, 11) is 0. The Kier molecular flexibility index (Phi) is 4.78. The second kappa shape index (κ2) is 6.27. The normalized spacial score (nSPS) is 15.3. The zero-order valence-electron chi connectivity index (χ0n) is 13.8. The Morgan fingerprint density at radius 2 is 2.14 bits per heavy atom. The van der Waals surface area contributed by atoms with E-state index in [-0.39, 0.29) is 0 Å². The molecule has 1 aliphatic rings. The summed E-state index contributed by atoms with van der Waals surface area (Å²) in [5.41, 5.74) is 1.12. The van der Waals surface area contributed by atoms with Crippen LogP contribution in [0.1, 0.15) is 50.6 Å². The summed E-state index contributed by atoms with van der Waals surface area (Å²) in [5, 5.41) is 12.8. The molecule has 1 N–H and O–H groups in total. The maximum absolute atomic E-state index is 11.9. The van der Waals surface area contributed by atoms with E-state index in [1.54, 1.807) is 0 Å². The average molecular weight is 321 g/mol. The highest BCUT2D eigenvalue weighted by atomic mass is 32.1. The van der Waals surface area contributed by atoms with Crippen molar-refractivity contribution in [3.8, 4) is 6.07 Å². The molecule has 0 saturated carbocycles. The monoisotopic (exact) mass is 321 g/mol. The summed E-state index contributed by atoms with van der Waals surface area (Å²) < 4.78 is 5.27. The second-order valence-electron chi connectivity index (χ2n) is 6.76. The molecule has 1 aliphatic heterocycles. The van der Waals surface area contributed by atoms with E-state index in [1.165, 1.54) is 16.2 Å². The maximum Gasteiger partial charge on any atom is 0.412 e. The first-order valence-corrected chi connectivity index (χ1v) is 8.31. The molecule has 22 heavy (non-hydrogen) atoms. The molecule has 0 unspecified atom stereocenters. The van der Waals surface area contributed by atoms with Gasteiger partial charge in [0.1, 0.15) is 16.7 Å². The summed E-state index contributed by atoms with van der Waals surface area (Å²) in [6.07, 6.45) is 0.339. The largest absolute Gasteiger partial charge is 0.444 e. The van der Waals surface area contributed by atoms with Crippen molar-refractivity contribution in [2.45, 2.75) is 59.2 Å². The molecule has 1 aromatic rings. The number of thiophene rings is 1. The van der Waals surface area contributed by atoms with Crippen LogP contribution < -0.4 is 5.32 Å². The molecular formula is C16H23N3O2S. The van der Waals surface area contributed by atoms with Gasteiger partial charge in [0.25, 0.3) is 0 Å². The fraction of sp³-hybridized carbons (Fsp3) is 0.625. The first-order valence-electron chi connectivity index (χ1n) is 7.50. The number of anilines is 1. The van der Waals surface area contributed by atoms with Gasteiger partial charge in [0, 0.05) is 24.0 Å². The van der Waals surface area contributed by atoms with Gasteiger partial charge in [-0.2, -0.15) is 5.26 Å². The van der Waals surface area contributed by atoms with Crippen molar-refractivity contribution >= 4 is 22.4 Å². The number of fused-ring (bicyclic) bond motifs is 1. The molecule has 120 valence electrons. The lowest BCUT2D eigenvalue weighted by atomic mass is 10.0. The van der Waals surface area contributed by atoms with Gasteiger partial charge in [0.15, 0.2) is 0 Å². The molecule has 0 radical (unpaired) electrons. The summed E-state index contributed by atoms with van der Waals surface area (Å²) >= 11 is 1.49. The van der Waals surface area contributed by atoms with Crippen LogP contribution in [0.4, 0.5) is 9.80 Å². The van der Waals surface area contributed by atoms with E-state index in [2.05, 4.69) is 30.1 Å². The Bertz CT molecular complexity index is 608. The lowest BCUT2D eigenvalue weighted by Crippen LogP contribution is -2.35. The molecule has 0 aromatic carbocycles. The molecule has 0 bridgehead atoms. The topological polar surface area (TPSA) is 65.4 Å². The van der Waals surface area contributed by atoms with Gasteiger partial charge in [0.05, 0.1) is 5.56 Å². The van der Waals surface area contributed by atoms with E-state index < -0.39 is 11.7 Å². The molecular weight excluding hydrogens is 298 g/mol. The van der Waals surface area contributed by atoms with E-state index in [9.17, 15) is 10.1 Å². The molecule has 1 aromatic heterocycles. The Hall–Kier alpha value is -1.58.